The normalized spacial score (nSPS) is 11.7. The summed E-state index contributed by atoms with van der Waals surface area (Å²) in [5, 5.41) is 13.6. The Morgan fingerprint density at radius 3 is 2.73 bits per heavy atom. The van der Waals surface area contributed by atoms with E-state index < -0.39 is 29.2 Å². The van der Waals surface area contributed by atoms with E-state index in [0.717, 1.165) is 5.56 Å². The molecule has 1 atom stereocenters. The van der Waals surface area contributed by atoms with Crippen LogP contribution in [0.5, 0.6) is 5.75 Å². The van der Waals surface area contributed by atoms with Crippen molar-refractivity contribution in [1.82, 2.24) is 9.88 Å². The van der Waals surface area contributed by atoms with E-state index in [4.69, 9.17) is 13.9 Å². The number of rotatable bonds is 10. The number of fused-ring (bicyclic) bond motifs is 1. The standard InChI is InChI=1S/C22H23N3O8/c1-14(16-6-3-4-7-18(16)31-2)23-20(26)13-32-21(27)8-5-11-24-17-10-9-15(25(29)30)12-19(17)33-22(24)28/h3-4,6-7,9-10,12,14H,5,8,11,13H2,1-2H3,(H,23,26). The van der Waals surface area contributed by atoms with Gasteiger partial charge >= 0.3 is 11.7 Å². The first-order valence-corrected chi connectivity index (χ1v) is 10.2. The van der Waals surface area contributed by atoms with E-state index in [-0.39, 0.29) is 36.7 Å². The van der Waals surface area contributed by atoms with Crippen LogP contribution in [-0.4, -0.2) is 35.1 Å². The number of hydrogen-bond donors (Lipinski definition) is 1. The summed E-state index contributed by atoms with van der Waals surface area (Å²) in [6.45, 7) is 1.51. The topological polar surface area (TPSA) is 143 Å². The van der Waals surface area contributed by atoms with Crippen LogP contribution in [0.3, 0.4) is 0 Å². The van der Waals surface area contributed by atoms with Crippen molar-refractivity contribution in [2.24, 2.45) is 0 Å². The molecule has 1 heterocycles. The number of benzene rings is 2. The minimum Gasteiger partial charge on any atom is -0.496 e. The number of hydrogen-bond acceptors (Lipinski definition) is 8. The predicted molar refractivity (Wildman–Crippen MR) is 117 cm³/mol. The molecule has 0 saturated heterocycles. The van der Waals surface area contributed by atoms with Gasteiger partial charge < -0.3 is 19.2 Å². The summed E-state index contributed by atoms with van der Waals surface area (Å²) < 4.78 is 16.6. The Kier molecular flexibility index (Phi) is 7.44. The van der Waals surface area contributed by atoms with Crippen molar-refractivity contribution >= 4 is 28.7 Å². The van der Waals surface area contributed by atoms with Gasteiger partial charge in [-0.15, -0.1) is 0 Å². The molecule has 1 N–H and O–H groups in total. The number of oxazole rings is 1. The zero-order valence-electron chi connectivity index (χ0n) is 18.1. The smallest absolute Gasteiger partial charge is 0.419 e. The van der Waals surface area contributed by atoms with Crippen molar-refractivity contribution in [3.8, 4) is 5.75 Å². The van der Waals surface area contributed by atoms with E-state index in [0.29, 0.717) is 11.3 Å². The summed E-state index contributed by atoms with van der Waals surface area (Å²) in [7, 11) is 1.54. The Morgan fingerprint density at radius 1 is 1.24 bits per heavy atom. The van der Waals surface area contributed by atoms with E-state index in [1.807, 2.05) is 18.2 Å². The van der Waals surface area contributed by atoms with Crippen LogP contribution in [0.25, 0.3) is 11.1 Å². The van der Waals surface area contributed by atoms with Gasteiger partial charge in [-0.3, -0.25) is 24.3 Å². The number of methoxy groups -OCH3 is 1. The van der Waals surface area contributed by atoms with Crippen LogP contribution in [0.2, 0.25) is 0 Å². The number of carbonyl (C=O) groups excluding carboxylic acids is 2. The van der Waals surface area contributed by atoms with Crippen LogP contribution in [0.4, 0.5) is 5.69 Å². The summed E-state index contributed by atoms with van der Waals surface area (Å²) in [6.07, 6.45) is 0.227. The van der Waals surface area contributed by atoms with Gasteiger partial charge in [0.15, 0.2) is 12.2 Å². The van der Waals surface area contributed by atoms with Gasteiger partial charge in [0, 0.05) is 24.6 Å². The molecule has 11 nitrogen and oxygen atoms in total. The van der Waals surface area contributed by atoms with E-state index in [2.05, 4.69) is 5.32 Å². The minimum absolute atomic E-state index is 0.0264. The number of aromatic nitrogens is 1. The number of amides is 1. The van der Waals surface area contributed by atoms with Crippen molar-refractivity contribution in [3.05, 3.63) is 68.7 Å². The quantitative estimate of drug-likeness (QED) is 0.278. The molecule has 11 heteroatoms. The SMILES string of the molecule is COc1ccccc1C(C)NC(=O)COC(=O)CCCn1c(=O)oc2cc([N+](=O)[O-])ccc21. The fourth-order valence-electron chi connectivity index (χ4n) is 3.37. The van der Waals surface area contributed by atoms with Gasteiger partial charge in [-0.1, -0.05) is 18.2 Å². The number of carbonyl (C=O) groups is 2. The van der Waals surface area contributed by atoms with Crippen LogP contribution in [0, 0.1) is 10.1 Å². The molecule has 0 aliphatic carbocycles. The Labute approximate surface area is 188 Å². The Bertz CT molecular complexity index is 1230. The summed E-state index contributed by atoms with van der Waals surface area (Å²) in [5.74, 6) is -1.09. The van der Waals surface area contributed by atoms with Gasteiger partial charge in [-0.2, -0.15) is 0 Å². The molecule has 3 aromatic rings. The number of nitro groups is 1. The van der Waals surface area contributed by atoms with Gasteiger partial charge in [0.25, 0.3) is 11.6 Å². The monoisotopic (exact) mass is 457 g/mol. The average Bonchev–Trinajstić information content (AvgIpc) is 3.11. The van der Waals surface area contributed by atoms with Gasteiger partial charge in [-0.05, 0) is 25.5 Å². The number of aryl methyl sites for hydroxylation is 1. The van der Waals surface area contributed by atoms with Crippen LogP contribution in [-0.2, 0) is 20.9 Å². The summed E-state index contributed by atoms with van der Waals surface area (Å²) in [5.41, 5.74) is 1.09. The second kappa shape index (κ2) is 10.4. The van der Waals surface area contributed by atoms with Crippen LogP contribution in [0.1, 0.15) is 31.4 Å². The lowest BCUT2D eigenvalue weighted by Crippen LogP contribution is -2.31. The fourth-order valence-corrected chi connectivity index (χ4v) is 3.37. The fraction of sp³-hybridized carbons (Fsp3) is 0.318. The Hall–Kier alpha value is -4.15. The minimum atomic E-state index is -0.677. The van der Waals surface area contributed by atoms with Crippen molar-refractivity contribution in [2.45, 2.75) is 32.4 Å². The average molecular weight is 457 g/mol. The Morgan fingerprint density at radius 2 is 2.00 bits per heavy atom. The summed E-state index contributed by atoms with van der Waals surface area (Å²) in [6, 6.07) is 10.8. The molecular weight excluding hydrogens is 434 g/mol. The largest absolute Gasteiger partial charge is 0.496 e. The zero-order valence-corrected chi connectivity index (χ0v) is 18.1. The lowest BCUT2D eigenvalue weighted by molar-refractivity contribution is -0.384. The maximum atomic E-state index is 12.1. The Balaban J connectivity index is 1.47. The number of non-ortho nitro benzene ring substituents is 1. The first-order chi connectivity index (χ1) is 15.8. The summed E-state index contributed by atoms with van der Waals surface area (Å²) in [4.78, 5) is 46.4. The molecule has 0 aliphatic rings. The first-order valence-electron chi connectivity index (χ1n) is 10.2. The van der Waals surface area contributed by atoms with E-state index in [1.165, 1.54) is 22.8 Å². The second-order valence-corrected chi connectivity index (χ2v) is 7.22. The molecule has 0 bridgehead atoms. The summed E-state index contributed by atoms with van der Waals surface area (Å²) >= 11 is 0. The van der Waals surface area contributed by atoms with E-state index >= 15 is 0 Å². The maximum absolute atomic E-state index is 12.1. The molecule has 0 aliphatic heterocycles. The van der Waals surface area contributed by atoms with Crippen LogP contribution in [0.15, 0.2) is 51.7 Å². The molecule has 0 radical (unpaired) electrons. The number of nitrogens with zero attached hydrogens (tertiary/aromatic N) is 2. The first kappa shape index (κ1) is 23.5. The zero-order chi connectivity index (χ0) is 24.0. The molecule has 174 valence electrons. The second-order valence-electron chi connectivity index (χ2n) is 7.22. The lowest BCUT2D eigenvalue weighted by Gasteiger charge is -2.17. The molecule has 1 unspecified atom stereocenters. The number of para-hydroxylation sites is 1. The highest BCUT2D eigenvalue weighted by Crippen LogP contribution is 2.24. The molecule has 3 rings (SSSR count). The number of nitro benzene ring substituents is 1. The molecule has 0 spiro atoms. The maximum Gasteiger partial charge on any atom is 0.419 e. The lowest BCUT2D eigenvalue weighted by atomic mass is 10.1. The molecular formula is C22H23N3O8. The highest BCUT2D eigenvalue weighted by Gasteiger charge is 2.16. The van der Waals surface area contributed by atoms with E-state index in [1.54, 1.807) is 20.1 Å². The number of esters is 1. The van der Waals surface area contributed by atoms with Gasteiger partial charge in [0.1, 0.15) is 5.75 Å². The van der Waals surface area contributed by atoms with Crippen molar-refractivity contribution < 1.29 is 28.4 Å². The van der Waals surface area contributed by atoms with Crippen LogP contribution >= 0.6 is 0 Å². The third-order valence-electron chi connectivity index (χ3n) is 4.97. The molecule has 0 saturated carbocycles. The van der Waals surface area contributed by atoms with Crippen molar-refractivity contribution in [1.29, 1.82) is 0 Å². The highest BCUT2D eigenvalue weighted by atomic mass is 16.6. The third kappa shape index (κ3) is 5.76. The molecule has 1 amide bonds. The third-order valence-corrected chi connectivity index (χ3v) is 4.97. The molecule has 0 fully saturated rings. The predicted octanol–water partition coefficient (Wildman–Crippen LogP) is 2.71. The van der Waals surface area contributed by atoms with Crippen molar-refractivity contribution in [3.63, 3.8) is 0 Å². The van der Waals surface area contributed by atoms with Crippen LogP contribution < -0.4 is 15.8 Å². The molecule has 33 heavy (non-hydrogen) atoms. The van der Waals surface area contributed by atoms with Gasteiger partial charge in [0.2, 0.25) is 0 Å². The number of ether oxygens (including phenoxy) is 2. The molecule has 1 aromatic heterocycles. The van der Waals surface area contributed by atoms with Gasteiger partial charge in [-0.25, -0.2) is 4.79 Å². The van der Waals surface area contributed by atoms with Gasteiger partial charge in [0.05, 0.1) is 29.7 Å². The molecule has 2 aromatic carbocycles. The van der Waals surface area contributed by atoms with E-state index in [9.17, 15) is 24.5 Å². The number of nitrogens with one attached hydrogen (secondary N) is 1. The van der Waals surface area contributed by atoms with Crippen molar-refractivity contribution in [2.75, 3.05) is 13.7 Å². The highest BCUT2D eigenvalue weighted by molar-refractivity contribution is 5.81.